The lowest BCUT2D eigenvalue weighted by atomic mass is 10.1. The first-order valence-corrected chi connectivity index (χ1v) is 5.19. The lowest BCUT2D eigenvalue weighted by molar-refractivity contribution is -0.0439. The van der Waals surface area contributed by atoms with Crippen molar-refractivity contribution < 1.29 is 14.6 Å². The van der Waals surface area contributed by atoms with Gasteiger partial charge in [0.25, 0.3) is 0 Å². The molecule has 0 amide bonds. The van der Waals surface area contributed by atoms with Crippen LogP contribution in [0.25, 0.3) is 10.8 Å². The van der Waals surface area contributed by atoms with Crippen LogP contribution >= 0.6 is 0 Å². The lowest BCUT2D eigenvalue weighted by Gasteiger charge is -2.16. The molecule has 2 aromatic rings. The van der Waals surface area contributed by atoms with Crippen LogP contribution < -0.4 is 9.47 Å². The van der Waals surface area contributed by atoms with Crippen molar-refractivity contribution in [1.29, 1.82) is 0 Å². The van der Waals surface area contributed by atoms with Crippen molar-refractivity contribution in [2.75, 3.05) is 0 Å². The van der Waals surface area contributed by atoms with Crippen molar-refractivity contribution in [3.63, 3.8) is 0 Å². The molecular formula is C13H12O3. The van der Waals surface area contributed by atoms with E-state index in [9.17, 15) is 5.11 Å². The molecule has 3 nitrogen and oxygen atoms in total. The Morgan fingerprint density at radius 2 is 1.88 bits per heavy atom. The number of aromatic hydroxyl groups is 1. The predicted molar refractivity (Wildman–Crippen MR) is 60.9 cm³/mol. The molecule has 0 bridgehead atoms. The number of hydrogen-bond acceptors (Lipinski definition) is 3. The minimum absolute atomic E-state index is 0.152. The van der Waals surface area contributed by atoms with Crippen molar-refractivity contribution in [1.82, 2.24) is 0 Å². The molecule has 82 valence electrons. The maximum absolute atomic E-state index is 10.1. The van der Waals surface area contributed by atoms with Gasteiger partial charge in [-0.05, 0) is 11.5 Å². The third-order valence-corrected chi connectivity index (χ3v) is 2.64. The highest BCUT2D eigenvalue weighted by Gasteiger charge is 2.34. The number of fused-ring (bicyclic) bond motifs is 2. The summed E-state index contributed by atoms with van der Waals surface area (Å²) in [7, 11) is 0. The van der Waals surface area contributed by atoms with Crippen LogP contribution in [0, 0.1) is 0 Å². The fourth-order valence-corrected chi connectivity index (χ4v) is 1.99. The first kappa shape index (κ1) is 9.33. The maximum Gasteiger partial charge on any atom is 0.246 e. The van der Waals surface area contributed by atoms with E-state index in [0.29, 0.717) is 11.5 Å². The number of phenols is 1. The van der Waals surface area contributed by atoms with Gasteiger partial charge in [0.2, 0.25) is 11.5 Å². The van der Waals surface area contributed by atoms with E-state index in [0.717, 1.165) is 10.8 Å². The molecule has 2 aromatic carbocycles. The van der Waals surface area contributed by atoms with Crippen LogP contribution in [0.1, 0.15) is 13.8 Å². The molecule has 3 rings (SSSR count). The van der Waals surface area contributed by atoms with Gasteiger partial charge in [-0.1, -0.05) is 24.3 Å². The molecule has 0 aromatic heterocycles. The largest absolute Gasteiger partial charge is 0.504 e. The van der Waals surface area contributed by atoms with Gasteiger partial charge in [0.1, 0.15) is 0 Å². The van der Waals surface area contributed by atoms with Crippen LogP contribution in [0.3, 0.4) is 0 Å². The van der Waals surface area contributed by atoms with Gasteiger partial charge < -0.3 is 14.6 Å². The summed E-state index contributed by atoms with van der Waals surface area (Å²) in [6.45, 7) is 3.63. The van der Waals surface area contributed by atoms with Crippen LogP contribution in [0.5, 0.6) is 17.2 Å². The Balaban J connectivity index is 2.31. The first-order chi connectivity index (χ1) is 7.57. The van der Waals surface area contributed by atoms with Gasteiger partial charge >= 0.3 is 0 Å². The molecule has 3 heteroatoms. The van der Waals surface area contributed by atoms with E-state index in [1.165, 1.54) is 0 Å². The van der Waals surface area contributed by atoms with Crippen LogP contribution in [-0.4, -0.2) is 10.9 Å². The third-order valence-electron chi connectivity index (χ3n) is 2.64. The number of hydrogen-bond donors (Lipinski definition) is 1. The second-order valence-corrected chi connectivity index (χ2v) is 4.38. The van der Waals surface area contributed by atoms with E-state index in [1.54, 1.807) is 0 Å². The Labute approximate surface area is 93.2 Å². The molecule has 1 heterocycles. The maximum atomic E-state index is 10.1. The Bertz CT molecular complexity index is 573. The molecular weight excluding hydrogens is 204 g/mol. The fourth-order valence-electron chi connectivity index (χ4n) is 1.99. The molecule has 0 spiro atoms. The second kappa shape index (κ2) is 2.82. The monoisotopic (exact) mass is 216 g/mol. The highest BCUT2D eigenvalue weighted by molar-refractivity contribution is 5.92. The molecule has 0 aliphatic carbocycles. The number of benzene rings is 2. The van der Waals surface area contributed by atoms with E-state index in [1.807, 2.05) is 44.2 Å². The van der Waals surface area contributed by atoms with E-state index < -0.39 is 5.79 Å². The molecule has 1 aliphatic heterocycles. The van der Waals surface area contributed by atoms with E-state index >= 15 is 0 Å². The van der Waals surface area contributed by atoms with Gasteiger partial charge in [-0.2, -0.15) is 0 Å². The Morgan fingerprint density at radius 1 is 1.12 bits per heavy atom. The topological polar surface area (TPSA) is 38.7 Å². The molecule has 0 saturated heterocycles. The van der Waals surface area contributed by atoms with E-state index in [2.05, 4.69) is 0 Å². The number of ether oxygens (including phenoxy) is 2. The van der Waals surface area contributed by atoms with Gasteiger partial charge in [0, 0.05) is 19.2 Å². The first-order valence-electron chi connectivity index (χ1n) is 5.19. The van der Waals surface area contributed by atoms with Crippen LogP contribution in [0.2, 0.25) is 0 Å². The van der Waals surface area contributed by atoms with Crippen LogP contribution in [-0.2, 0) is 0 Å². The van der Waals surface area contributed by atoms with Crippen LogP contribution in [0.4, 0.5) is 0 Å². The summed E-state index contributed by atoms with van der Waals surface area (Å²) in [6, 6.07) is 9.49. The Hall–Kier alpha value is -1.90. The molecule has 0 unspecified atom stereocenters. The summed E-state index contributed by atoms with van der Waals surface area (Å²) in [4.78, 5) is 0. The average Bonchev–Trinajstić information content (AvgIpc) is 2.53. The zero-order valence-electron chi connectivity index (χ0n) is 9.15. The molecule has 1 aliphatic rings. The van der Waals surface area contributed by atoms with Gasteiger partial charge in [0.15, 0.2) is 11.5 Å². The van der Waals surface area contributed by atoms with Crippen molar-refractivity contribution >= 4 is 10.8 Å². The van der Waals surface area contributed by atoms with Gasteiger partial charge in [-0.25, -0.2) is 0 Å². The summed E-state index contributed by atoms with van der Waals surface area (Å²) >= 11 is 0. The van der Waals surface area contributed by atoms with Gasteiger partial charge in [0.05, 0.1) is 0 Å². The zero-order valence-corrected chi connectivity index (χ0v) is 9.15. The van der Waals surface area contributed by atoms with Gasteiger partial charge in [-0.15, -0.1) is 0 Å². The predicted octanol–water partition coefficient (Wildman–Crippen LogP) is 3.05. The summed E-state index contributed by atoms with van der Waals surface area (Å²) < 4.78 is 11.2. The third kappa shape index (κ3) is 1.21. The average molecular weight is 216 g/mol. The second-order valence-electron chi connectivity index (χ2n) is 4.38. The minimum atomic E-state index is -0.711. The fraction of sp³-hybridized carbons (Fsp3) is 0.231. The van der Waals surface area contributed by atoms with E-state index in [-0.39, 0.29) is 5.75 Å². The molecule has 0 saturated carbocycles. The van der Waals surface area contributed by atoms with Gasteiger partial charge in [-0.3, -0.25) is 0 Å². The summed E-state index contributed by atoms with van der Waals surface area (Å²) in [5.41, 5.74) is 0. The molecule has 0 fully saturated rings. The van der Waals surface area contributed by atoms with Crippen molar-refractivity contribution in [2.45, 2.75) is 19.6 Å². The van der Waals surface area contributed by atoms with Crippen LogP contribution in [0.15, 0.2) is 30.3 Å². The SMILES string of the molecule is CC1(C)Oc2cc3ccccc3c(O)c2O1. The quantitative estimate of drug-likeness (QED) is 0.735. The minimum Gasteiger partial charge on any atom is -0.504 e. The lowest BCUT2D eigenvalue weighted by Crippen LogP contribution is -2.29. The molecule has 0 atom stereocenters. The number of phenolic OH excluding ortho intramolecular Hbond substituents is 1. The highest BCUT2D eigenvalue weighted by Crippen LogP contribution is 2.49. The Morgan fingerprint density at radius 3 is 2.69 bits per heavy atom. The molecule has 0 radical (unpaired) electrons. The summed E-state index contributed by atoms with van der Waals surface area (Å²) in [6.07, 6.45) is 0. The zero-order chi connectivity index (χ0) is 11.3. The Kier molecular flexibility index (Phi) is 1.64. The summed E-state index contributed by atoms with van der Waals surface area (Å²) in [5.74, 6) is 0.473. The highest BCUT2D eigenvalue weighted by atomic mass is 16.7. The van der Waals surface area contributed by atoms with E-state index in [4.69, 9.17) is 9.47 Å². The summed E-state index contributed by atoms with van der Waals surface area (Å²) in [5, 5.41) is 11.8. The smallest absolute Gasteiger partial charge is 0.246 e. The van der Waals surface area contributed by atoms with Crippen molar-refractivity contribution in [3.05, 3.63) is 30.3 Å². The van der Waals surface area contributed by atoms with Crippen molar-refractivity contribution in [2.24, 2.45) is 0 Å². The molecule has 16 heavy (non-hydrogen) atoms. The normalized spacial score (nSPS) is 16.6. The standard InChI is InChI=1S/C13H12O3/c1-13(2)15-10-7-8-5-3-4-6-9(8)11(14)12(10)16-13/h3-7,14H,1-2H3. The number of rotatable bonds is 0. The van der Waals surface area contributed by atoms with Crippen molar-refractivity contribution in [3.8, 4) is 17.2 Å². The molecule has 1 N–H and O–H groups in total.